The topological polar surface area (TPSA) is 20.3 Å². The number of hydrogen-bond acceptors (Lipinski definition) is 2. The Hall–Kier alpha value is -0.700. The average Bonchev–Trinajstić information content (AvgIpc) is 1.83. The van der Waals surface area contributed by atoms with Gasteiger partial charge in [-0.15, -0.1) is 6.58 Å². The molecule has 0 radical (unpaired) electrons. The largest absolute Gasteiger partial charge is 0.308 e. The molecule has 0 saturated heterocycles. The molecule has 0 spiro atoms. The minimum Gasteiger partial charge on any atom is -0.308 e. The fraction of sp³-hybridized carbons (Fsp3) is 0.200. The van der Waals surface area contributed by atoms with Crippen LogP contribution in [-0.4, -0.2) is 23.3 Å². The Labute approximate surface area is 53.8 Å². The van der Waals surface area contributed by atoms with Gasteiger partial charge in [-0.25, -0.2) is 0 Å². The second kappa shape index (κ2) is 4.46. The molecule has 0 N–H and O–H groups in total. The summed E-state index contributed by atoms with van der Waals surface area (Å²) < 4.78 is 0. The second-order valence-electron chi connectivity index (χ2n) is 1.20. The van der Waals surface area contributed by atoms with Crippen LogP contribution in [0.15, 0.2) is 12.7 Å². The molecule has 0 aliphatic heterocycles. The zero-order chi connectivity index (χ0) is 6.41. The first-order valence-corrected chi connectivity index (χ1v) is 2.59. The van der Waals surface area contributed by atoms with Crippen LogP contribution >= 0.6 is 12.2 Å². The lowest BCUT2D eigenvalue weighted by molar-refractivity contribution is -0.114. The molecule has 0 heterocycles. The van der Waals surface area contributed by atoms with Crippen LogP contribution < -0.4 is 0 Å². The van der Waals surface area contributed by atoms with E-state index in [1.165, 1.54) is 10.4 Å². The number of thiocarbonyl (C=S) groups is 1. The van der Waals surface area contributed by atoms with Crippen molar-refractivity contribution in [3.63, 3.8) is 0 Å². The van der Waals surface area contributed by atoms with E-state index in [1.54, 1.807) is 6.08 Å². The third-order valence-corrected chi connectivity index (χ3v) is 0.881. The van der Waals surface area contributed by atoms with Gasteiger partial charge in [0.15, 0.2) is 0 Å². The minimum atomic E-state index is 0.493. The molecule has 3 heteroatoms. The first kappa shape index (κ1) is 7.30. The summed E-state index contributed by atoms with van der Waals surface area (Å²) in [4.78, 5) is 11.2. The average molecular weight is 129 g/mol. The van der Waals surface area contributed by atoms with E-state index in [2.05, 4.69) is 18.8 Å². The quantitative estimate of drug-likeness (QED) is 0.314. The molecule has 8 heavy (non-hydrogen) atoms. The Morgan fingerprint density at radius 2 is 2.38 bits per heavy atom. The zero-order valence-electron chi connectivity index (χ0n) is 4.41. The number of amides is 1. The van der Waals surface area contributed by atoms with E-state index in [4.69, 9.17) is 0 Å². The highest BCUT2D eigenvalue weighted by molar-refractivity contribution is 7.78. The molecular formula is C5H7NOS. The molecule has 0 aliphatic rings. The van der Waals surface area contributed by atoms with E-state index in [9.17, 15) is 4.79 Å². The molecule has 0 fully saturated rings. The van der Waals surface area contributed by atoms with Gasteiger partial charge in [-0.05, 0) is 0 Å². The maximum Gasteiger partial charge on any atom is 0.214 e. The van der Waals surface area contributed by atoms with Crippen molar-refractivity contribution in [3.8, 4) is 0 Å². The Balaban J connectivity index is 3.50. The Morgan fingerprint density at radius 3 is 2.50 bits per heavy atom. The molecular weight excluding hydrogens is 122 g/mol. The summed E-state index contributed by atoms with van der Waals surface area (Å²) in [6.07, 6.45) is 2.27. The first-order valence-electron chi connectivity index (χ1n) is 2.12. The summed E-state index contributed by atoms with van der Waals surface area (Å²) in [5, 5.41) is 0. The van der Waals surface area contributed by atoms with Gasteiger partial charge in [0.1, 0.15) is 0 Å². The van der Waals surface area contributed by atoms with E-state index in [0.29, 0.717) is 13.0 Å². The van der Waals surface area contributed by atoms with Gasteiger partial charge in [0.2, 0.25) is 6.41 Å². The zero-order valence-corrected chi connectivity index (χ0v) is 5.23. The SMILES string of the molecule is C=CCN(C=O)C=S. The van der Waals surface area contributed by atoms with Crippen LogP contribution in [0.4, 0.5) is 0 Å². The molecule has 0 saturated carbocycles. The molecule has 1 amide bonds. The molecule has 0 aromatic carbocycles. The summed E-state index contributed by atoms with van der Waals surface area (Å²) in [6.45, 7) is 3.92. The van der Waals surface area contributed by atoms with Gasteiger partial charge in [0.05, 0.1) is 5.49 Å². The van der Waals surface area contributed by atoms with E-state index < -0.39 is 0 Å². The molecule has 2 nitrogen and oxygen atoms in total. The van der Waals surface area contributed by atoms with Gasteiger partial charge >= 0.3 is 0 Å². The molecule has 0 aromatic heterocycles. The van der Waals surface area contributed by atoms with Crippen molar-refractivity contribution < 1.29 is 4.79 Å². The minimum absolute atomic E-state index is 0.493. The highest BCUT2D eigenvalue weighted by atomic mass is 32.1. The third-order valence-electron chi connectivity index (χ3n) is 0.611. The molecule has 0 unspecified atom stereocenters. The van der Waals surface area contributed by atoms with Gasteiger partial charge in [0.25, 0.3) is 0 Å². The molecule has 0 aliphatic carbocycles. The van der Waals surface area contributed by atoms with Crippen LogP contribution in [0.25, 0.3) is 0 Å². The number of carbonyl (C=O) groups excluding carboxylic acids is 1. The fourth-order valence-electron chi connectivity index (χ4n) is 0.260. The van der Waals surface area contributed by atoms with Crippen molar-refractivity contribution in [2.24, 2.45) is 0 Å². The van der Waals surface area contributed by atoms with Crippen molar-refractivity contribution in [2.75, 3.05) is 6.54 Å². The van der Waals surface area contributed by atoms with Crippen molar-refractivity contribution >= 4 is 24.1 Å². The first-order chi connectivity index (χ1) is 3.85. The highest BCUT2D eigenvalue weighted by Gasteiger charge is 1.87. The van der Waals surface area contributed by atoms with Crippen molar-refractivity contribution in [1.82, 2.24) is 4.90 Å². The van der Waals surface area contributed by atoms with E-state index in [0.717, 1.165) is 0 Å². The van der Waals surface area contributed by atoms with Crippen molar-refractivity contribution in [1.29, 1.82) is 0 Å². The maximum atomic E-state index is 9.91. The molecule has 44 valence electrons. The van der Waals surface area contributed by atoms with Crippen LogP contribution in [0, 0.1) is 0 Å². The van der Waals surface area contributed by atoms with Crippen LogP contribution in [0.2, 0.25) is 0 Å². The van der Waals surface area contributed by atoms with Crippen molar-refractivity contribution in [2.45, 2.75) is 0 Å². The number of rotatable bonds is 4. The Kier molecular flexibility index (Phi) is 4.07. The van der Waals surface area contributed by atoms with E-state index in [-0.39, 0.29) is 0 Å². The maximum absolute atomic E-state index is 9.91. The van der Waals surface area contributed by atoms with Gasteiger partial charge in [-0.1, -0.05) is 18.3 Å². The smallest absolute Gasteiger partial charge is 0.214 e. The molecule has 0 aromatic rings. The summed E-state index contributed by atoms with van der Waals surface area (Å²) in [5.74, 6) is 0. The lowest BCUT2D eigenvalue weighted by Crippen LogP contribution is -2.17. The standard InChI is InChI=1S/C5H7NOS/c1-2-3-6(4-7)5-8/h2,4-5H,1,3H2. The van der Waals surface area contributed by atoms with E-state index >= 15 is 0 Å². The van der Waals surface area contributed by atoms with Gasteiger partial charge in [-0.3, -0.25) is 4.79 Å². The van der Waals surface area contributed by atoms with Crippen LogP contribution in [0.1, 0.15) is 0 Å². The molecule has 0 rings (SSSR count). The Bertz CT molecular complexity index is 94.6. The normalized spacial score (nSPS) is 7.50. The monoisotopic (exact) mass is 129 g/mol. The summed E-state index contributed by atoms with van der Waals surface area (Å²) in [5.41, 5.74) is 1.29. The second-order valence-corrected chi connectivity index (χ2v) is 1.41. The van der Waals surface area contributed by atoms with E-state index in [1.807, 2.05) is 0 Å². The summed E-state index contributed by atoms with van der Waals surface area (Å²) >= 11 is 4.46. The predicted molar refractivity (Wildman–Crippen MR) is 36.6 cm³/mol. The third kappa shape index (κ3) is 2.47. The summed E-state index contributed by atoms with van der Waals surface area (Å²) in [7, 11) is 0. The summed E-state index contributed by atoms with van der Waals surface area (Å²) in [6, 6.07) is 0. The van der Waals surface area contributed by atoms with Crippen molar-refractivity contribution in [3.05, 3.63) is 12.7 Å². The van der Waals surface area contributed by atoms with Gasteiger partial charge < -0.3 is 4.90 Å². The fourth-order valence-corrected chi connectivity index (χ4v) is 0.396. The van der Waals surface area contributed by atoms with Crippen LogP contribution in [0.3, 0.4) is 0 Å². The predicted octanol–water partition coefficient (Wildman–Crippen LogP) is 0.588. The van der Waals surface area contributed by atoms with Gasteiger partial charge in [-0.2, -0.15) is 0 Å². The Morgan fingerprint density at radius 1 is 1.75 bits per heavy atom. The van der Waals surface area contributed by atoms with Crippen LogP contribution in [0.5, 0.6) is 0 Å². The number of nitrogens with zero attached hydrogens (tertiary/aromatic N) is 1. The number of hydrogen-bond donors (Lipinski definition) is 0. The lowest BCUT2D eigenvalue weighted by atomic mass is 10.6. The lowest BCUT2D eigenvalue weighted by Gasteiger charge is -2.03. The highest BCUT2D eigenvalue weighted by Crippen LogP contribution is 1.75. The molecule has 0 bridgehead atoms. The molecule has 0 atom stereocenters. The van der Waals surface area contributed by atoms with Gasteiger partial charge in [0, 0.05) is 6.54 Å². The van der Waals surface area contributed by atoms with Crippen LogP contribution in [-0.2, 0) is 4.79 Å². The number of carbonyl (C=O) groups is 1.